The van der Waals surface area contributed by atoms with Crippen molar-refractivity contribution in [1.82, 2.24) is 0 Å². The molecule has 0 spiro atoms. The summed E-state index contributed by atoms with van der Waals surface area (Å²) in [4.78, 5) is 0. The Bertz CT molecular complexity index is 407. The first kappa shape index (κ1) is 13.4. The first-order valence-corrected chi connectivity index (χ1v) is 5.90. The summed E-state index contributed by atoms with van der Waals surface area (Å²) < 4.78 is 44.0. The third-order valence-corrected chi connectivity index (χ3v) is 3.27. The Morgan fingerprint density at radius 1 is 1.11 bits per heavy atom. The molecule has 1 saturated heterocycles. The summed E-state index contributed by atoms with van der Waals surface area (Å²) in [6.07, 6.45) is -3.40. The number of hydrogen-bond acceptors (Lipinski definition) is 2. The molecule has 18 heavy (non-hydrogen) atoms. The lowest BCUT2D eigenvalue weighted by Crippen LogP contribution is -2.29. The van der Waals surface area contributed by atoms with Crippen molar-refractivity contribution in [2.75, 3.05) is 13.2 Å². The highest BCUT2D eigenvalue weighted by atomic mass is 19.4. The van der Waals surface area contributed by atoms with Crippen LogP contribution < -0.4 is 0 Å². The molecule has 1 unspecified atom stereocenters. The normalized spacial score (nSPS) is 25.8. The smallest absolute Gasteiger partial charge is 0.385 e. The Balaban J connectivity index is 2.43. The first-order chi connectivity index (χ1) is 8.43. The van der Waals surface area contributed by atoms with Crippen LogP contribution in [0.1, 0.15) is 30.4 Å². The molecule has 5 heteroatoms. The van der Waals surface area contributed by atoms with E-state index < -0.39 is 17.3 Å². The van der Waals surface area contributed by atoms with Crippen LogP contribution in [0.3, 0.4) is 0 Å². The van der Waals surface area contributed by atoms with E-state index in [0.29, 0.717) is 19.4 Å². The van der Waals surface area contributed by atoms with Gasteiger partial charge in [-0.2, -0.15) is 13.2 Å². The Hall–Kier alpha value is -1.07. The summed E-state index contributed by atoms with van der Waals surface area (Å²) in [6, 6.07) is 5.23. The van der Waals surface area contributed by atoms with E-state index in [1.807, 2.05) is 0 Å². The van der Waals surface area contributed by atoms with Crippen LogP contribution in [0.5, 0.6) is 0 Å². The van der Waals surface area contributed by atoms with Crippen molar-refractivity contribution in [3.05, 3.63) is 35.4 Å². The van der Waals surface area contributed by atoms with Gasteiger partial charge in [-0.05, 0) is 24.5 Å². The maximum Gasteiger partial charge on any atom is 0.416 e. The third-order valence-electron chi connectivity index (χ3n) is 3.27. The minimum Gasteiger partial charge on any atom is -0.385 e. The molecule has 0 radical (unpaired) electrons. The highest BCUT2D eigenvalue weighted by Crippen LogP contribution is 2.40. The largest absolute Gasteiger partial charge is 0.416 e. The van der Waals surface area contributed by atoms with Crippen LogP contribution in [-0.2, 0) is 16.5 Å². The minimum absolute atomic E-state index is 0.0389. The lowest BCUT2D eigenvalue weighted by molar-refractivity contribution is -0.141. The molecule has 1 aromatic rings. The number of aliphatic hydroxyl groups is 1. The van der Waals surface area contributed by atoms with E-state index in [9.17, 15) is 18.3 Å². The van der Waals surface area contributed by atoms with Gasteiger partial charge < -0.3 is 9.84 Å². The number of ether oxygens (including phenoxy) is 1. The quantitative estimate of drug-likeness (QED) is 0.840. The van der Waals surface area contributed by atoms with Gasteiger partial charge in [0, 0.05) is 19.6 Å². The molecule has 2 rings (SSSR count). The summed E-state index contributed by atoms with van der Waals surface area (Å²) in [5, 5.41) is 10.5. The molecule has 1 aliphatic heterocycles. The van der Waals surface area contributed by atoms with Gasteiger partial charge in [-0.3, -0.25) is 0 Å². The molecular weight excluding hydrogens is 245 g/mol. The maximum atomic E-state index is 12.9. The van der Waals surface area contributed by atoms with Crippen LogP contribution >= 0.6 is 0 Å². The lowest BCUT2D eigenvalue weighted by atomic mass is 9.84. The van der Waals surface area contributed by atoms with Crippen molar-refractivity contribution in [3.63, 3.8) is 0 Å². The van der Waals surface area contributed by atoms with E-state index in [0.717, 1.165) is 6.07 Å². The fourth-order valence-electron chi connectivity index (χ4n) is 2.34. The fourth-order valence-corrected chi connectivity index (χ4v) is 2.34. The van der Waals surface area contributed by atoms with Gasteiger partial charge in [0.05, 0.1) is 11.2 Å². The zero-order chi connectivity index (χ0) is 13.2. The van der Waals surface area contributed by atoms with Crippen molar-refractivity contribution >= 4 is 0 Å². The second kappa shape index (κ2) is 4.90. The molecule has 1 aromatic carbocycles. The van der Waals surface area contributed by atoms with E-state index >= 15 is 0 Å². The molecule has 2 nitrogen and oxygen atoms in total. The van der Waals surface area contributed by atoms with Gasteiger partial charge in [0.1, 0.15) is 0 Å². The van der Waals surface area contributed by atoms with Crippen LogP contribution in [0.4, 0.5) is 13.2 Å². The summed E-state index contributed by atoms with van der Waals surface area (Å²) in [5.74, 6) is 0. The third kappa shape index (κ3) is 2.67. The van der Waals surface area contributed by atoms with Crippen LogP contribution in [0.25, 0.3) is 0 Å². The second-order valence-electron chi connectivity index (χ2n) is 4.54. The predicted molar refractivity (Wildman–Crippen MR) is 60.0 cm³/mol. The average molecular weight is 260 g/mol. The van der Waals surface area contributed by atoms with E-state index in [1.165, 1.54) is 18.2 Å². The molecule has 1 heterocycles. The summed E-state index contributed by atoms with van der Waals surface area (Å²) in [7, 11) is 0. The van der Waals surface area contributed by atoms with Crippen molar-refractivity contribution < 1.29 is 23.0 Å². The molecule has 0 amide bonds. The number of halogens is 3. The molecule has 1 fully saturated rings. The molecule has 100 valence electrons. The van der Waals surface area contributed by atoms with E-state index in [-0.39, 0.29) is 18.6 Å². The van der Waals surface area contributed by atoms with Crippen molar-refractivity contribution in [2.24, 2.45) is 0 Å². The molecule has 0 saturated carbocycles. The van der Waals surface area contributed by atoms with Crippen molar-refractivity contribution in [2.45, 2.75) is 31.0 Å². The molecule has 0 aliphatic carbocycles. The minimum atomic E-state index is -4.44. The lowest BCUT2D eigenvalue weighted by Gasteiger charge is -2.29. The highest BCUT2D eigenvalue weighted by Gasteiger charge is 2.40. The number of benzene rings is 1. The van der Waals surface area contributed by atoms with E-state index in [4.69, 9.17) is 4.74 Å². The summed E-state index contributed by atoms with van der Waals surface area (Å²) in [5.41, 5.74) is -2.24. The molecule has 0 aromatic heterocycles. The maximum absolute atomic E-state index is 12.9. The summed E-state index contributed by atoms with van der Waals surface area (Å²) >= 11 is 0. The molecule has 1 aliphatic rings. The summed E-state index contributed by atoms with van der Waals surface area (Å²) in [6.45, 7) is 0.763. The van der Waals surface area contributed by atoms with Gasteiger partial charge >= 0.3 is 6.18 Å². The number of hydrogen-bond donors (Lipinski definition) is 1. The van der Waals surface area contributed by atoms with Gasteiger partial charge in [-0.1, -0.05) is 18.2 Å². The van der Waals surface area contributed by atoms with Crippen LogP contribution in [0, 0.1) is 0 Å². The van der Waals surface area contributed by atoms with Crippen LogP contribution in [-0.4, -0.2) is 18.3 Å². The first-order valence-electron chi connectivity index (χ1n) is 5.90. The highest BCUT2D eigenvalue weighted by molar-refractivity contribution is 5.34. The Labute approximate surface area is 103 Å². The topological polar surface area (TPSA) is 29.5 Å². The van der Waals surface area contributed by atoms with Crippen molar-refractivity contribution in [3.8, 4) is 0 Å². The van der Waals surface area contributed by atoms with Gasteiger partial charge in [-0.25, -0.2) is 0 Å². The van der Waals surface area contributed by atoms with E-state index in [1.54, 1.807) is 0 Å². The molecule has 1 N–H and O–H groups in total. The monoisotopic (exact) mass is 260 g/mol. The van der Waals surface area contributed by atoms with Crippen LogP contribution in [0.15, 0.2) is 24.3 Å². The zero-order valence-corrected chi connectivity index (χ0v) is 9.83. The molecule has 1 atom stereocenters. The van der Waals surface area contributed by atoms with Gasteiger partial charge in [0.15, 0.2) is 0 Å². The van der Waals surface area contributed by atoms with E-state index in [2.05, 4.69) is 0 Å². The SMILES string of the molecule is OC1(c2ccccc2C(F)(F)F)CCCOCC1. The van der Waals surface area contributed by atoms with Crippen molar-refractivity contribution in [1.29, 1.82) is 0 Å². The molecular formula is C13H15F3O2. The Morgan fingerprint density at radius 3 is 2.56 bits per heavy atom. The fraction of sp³-hybridized carbons (Fsp3) is 0.538. The Morgan fingerprint density at radius 2 is 1.83 bits per heavy atom. The Kier molecular flexibility index (Phi) is 3.64. The van der Waals surface area contributed by atoms with Gasteiger partial charge in [0.25, 0.3) is 0 Å². The average Bonchev–Trinajstić information content (AvgIpc) is 2.54. The van der Waals surface area contributed by atoms with Gasteiger partial charge in [-0.15, -0.1) is 0 Å². The standard InChI is InChI=1S/C13H15F3O2/c14-13(15,16)11-5-2-1-4-10(11)12(17)6-3-8-18-9-7-12/h1-2,4-5,17H,3,6-9H2. The van der Waals surface area contributed by atoms with Crippen LogP contribution in [0.2, 0.25) is 0 Å². The molecule has 0 bridgehead atoms. The second-order valence-corrected chi connectivity index (χ2v) is 4.54. The predicted octanol–water partition coefficient (Wildman–Crippen LogP) is 3.09. The number of alkyl halides is 3. The zero-order valence-electron chi connectivity index (χ0n) is 9.83. The number of rotatable bonds is 1. The van der Waals surface area contributed by atoms with Gasteiger partial charge in [0.2, 0.25) is 0 Å².